The van der Waals surface area contributed by atoms with E-state index in [1.54, 1.807) is 12.1 Å². The number of aromatic nitrogens is 2. The van der Waals surface area contributed by atoms with Gasteiger partial charge in [0.2, 0.25) is 0 Å². The lowest BCUT2D eigenvalue weighted by Gasteiger charge is -2.19. The van der Waals surface area contributed by atoms with Crippen molar-refractivity contribution >= 4 is 5.82 Å². The smallest absolute Gasteiger partial charge is 0.263 e. The van der Waals surface area contributed by atoms with Crippen LogP contribution in [0.25, 0.3) is 11.3 Å². The SMILES string of the molecule is CCn1c(C(C)(C)C)nc(-c2ccc(C(F)F)cc2)c1N. The van der Waals surface area contributed by atoms with E-state index in [-0.39, 0.29) is 11.0 Å². The molecule has 0 radical (unpaired) electrons. The first kappa shape index (κ1) is 15.5. The van der Waals surface area contributed by atoms with Gasteiger partial charge in [0.05, 0.1) is 0 Å². The normalized spacial score (nSPS) is 12.1. The Morgan fingerprint density at radius 2 is 1.76 bits per heavy atom. The van der Waals surface area contributed by atoms with Gasteiger partial charge in [-0.15, -0.1) is 0 Å². The third-order valence-corrected chi connectivity index (χ3v) is 3.43. The number of nitrogens with zero attached hydrogens (tertiary/aromatic N) is 2. The highest BCUT2D eigenvalue weighted by atomic mass is 19.3. The number of hydrogen-bond donors (Lipinski definition) is 1. The van der Waals surface area contributed by atoms with E-state index in [0.717, 1.165) is 17.9 Å². The molecule has 1 aromatic heterocycles. The summed E-state index contributed by atoms with van der Waals surface area (Å²) in [6, 6.07) is 6.13. The maximum absolute atomic E-state index is 12.6. The van der Waals surface area contributed by atoms with Crippen molar-refractivity contribution in [1.82, 2.24) is 9.55 Å². The predicted molar refractivity (Wildman–Crippen MR) is 81.4 cm³/mol. The van der Waals surface area contributed by atoms with Crippen LogP contribution in [0.2, 0.25) is 0 Å². The van der Waals surface area contributed by atoms with Crippen LogP contribution in [0.4, 0.5) is 14.6 Å². The van der Waals surface area contributed by atoms with Gasteiger partial charge in [0.1, 0.15) is 17.3 Å². The van der Waals surface area contributed by atoms with E-state index in [0.29, 0.717) is 11.5 Å². The highest BCUT2D eigenvalue weighted by molar-refractivity contribution is 5.71. The molecule has 0 saturated carbocycles. The number of imidazole rings is 1. The van der Waals surface area contributed by atoms with Gasteiger partial charge in [-0.25, -0.2) is 13.8 Å². The van der Waals surface area contributed by atoms with Crippen molar-refractivity contribution < 1.29 is 8.78 Å². The molecule has 0 bridgehead atoms. The topological polar surface area (TPSA) is 43.8 Å². The molecule has 21 heavy (non-hydrogen) atoms. The minimum atomic E-state index is -2.46. The quantitative estimate of drug-likeness (QED) is 0.912. The zero-order valence-corrected chi connectivity index (χ0v) is 12.8. The predicted octanol–water partition coefficient (Wildman–Crippen LogP) is 4.39. The molecule has 1 heterocycles. The van der Waals surface area contributed by atoms with E-state index in [1.165, 1.54) is 12.1 Å². The van der Waals surface area contributed by atoms with Crippen LogP contribution in [0.1, 0.15) is 45.5 Å². The van der Waals surface area contributed by atoms with Crippen LogP contribution in [0, 0.1) is 0 Å². The maximum atomic E-state index is 12.6. The molecule has 0 amide bonds. The summed E-state index contributed by atoms with van der Waals surface area (Å²) >= 11 is 0. The van der Waals surface area contributed by atoms with Crippen molar-refractivity contribution in [2.75, 3.05) is 5.73 Å². The third-order valence-electron chi connectivity index (χ3n) is 3.43. The molecule has 0 atom stereocenters. The summed E-state index contributed by atoms with van der Waals surface area (Å²) in [4.78, 5) is 4.65. The summed E-state index contributed by atoms with van der Waals surface area (Å²) in [6.45, 7) is 8.96. The summed E-state index contributed by atoms with van der Waals surface area (Å²) in [5.41, 5.74) is 7.48. The second kappa shape index (κ2) is 5.47. The van der Waals surface area contributed by atoms with Crippen LogP contribution < -0.4 is 5.73 Å². The lowest BCUT2D eigenvalue weighted by atomic mass is 9.95. The van der Waals surface area contributed by atoms with E-state index in [4.69, 9.17) is 5.73 Å². The van der Waals surface area contributed by atoms with E-state index < -0.39 is 6.43 Å². The van der Waals surface area contributed by atoms with Crippen LogP contribution in [0.3, 0.4) is 0 Å². The average molecular weight is 293 g/mol. The summed E-state index contributed by atoms with van der Waals surface area (Å²) < 4.78 is 27.2. The molecule has 1 aromatic carbocycles. The fraction of sp³-hybridized carbons (Fsp3) is 0.438. The van der Waals surface area contributed by atoms with Gasteiger partial charge in [0, 0.05) is 23.1 Å². The van der Waals surface area contributed by atoms with Crippen molar-refractivity contribution in [3.8, 4) is 11.3 Å². The second-order valence-corrected chi connectivity index (χ2v) is 6.09. The van der Waals surface area contributed by atoms with E-state index in [2.05, 4.69) is 25.8 Å². The Morgan fingerprint density at radius 1 is 1.19 bits per heavy atom. The van der Waals surface area contributed by atoms with Crippen molar-refractivity contribution in [3.05, 3.63) is 35.7 Å². The maximum Gasteiger partial charge on any atom is 0.263 e. The monoisotopic (exact) mass is 293 g/mol. The van der Waals surface area contributed by atoms with Crippen molar-refractivity contribution in [1.29, 1.82) is 0 Å². The number of anilines is 1. The molecule has 0 saturated heterocycles. The summed E-state index contributed by atoms with van der Waals surface area (Å²) in [6.07, 6.45) is -2.46. The Kier molecular flexibility index (Phi) is 4.03. The van der Waals surface area contributed by atoms with E-state index >= 15 is 0 Å². The Balaban J connectivity index is 2.52. The Labute approximate surface area is 123 Å². The van der Waals surface area contributed by atoms with Crippen molar-refractivity contribution in [3.63, 3.8) is 0 Å². The van der Waals surface area contributed by atoms with E-state index in [9.17, 15) is 8.78 Å². The minimum Gasteiger partial charge on any atom is -0.383 e. The van der Waals surface area contributed by atoms with Crippen molar-refractivity contribution in [2.24, 2.45) is 0 Å². The summed E-state index contributed by atoms with van der Waals surface area (Å²) in [7, 11) is 0. The fourth-order valence-corrected chi connectivity index (χ4v) is 2.36. The first-order valence-corrected chi connectivity index (χ1v) is 7.00. The zero-order chi connectivity index (χ0) is 15.8. The Bertz CT molecular complexity index is 622. The molecule has 0 unspecified atom stereocenters. The number of alkyl halides is 2. The zero-order valence-electron chi connectivity index (χ0n) is 12.8. The first-order chi connectivity index (χ1) is 9.75. The average Bonchev–Trinajstić information content (AvgIpc) is 2.75. The Hall–Kier alpha value is -1.91. The molecule has 0 aliphatic carbocycles. The lowest BCUT2D eigenvalue weighted by molar-refractivity contribution is 0.151. The van der Waals surface area contributed by atoms with Gasteiger partial charge in [-0.1, -0.05) is 45.0 Å². The van der Waals surface area contributed by atoms with Crippen LogP contribution in [0.5, 0.6) is 0 Å². The Morgan fingerprint density at radius 3 is 2.14 bits per heavy atom. The number of halogens is 2. The highest BCUT2D eigenvalue weighted by Gasteiger charge is 2.24. The molecule has 0 spiro atoms. The van der Waals surface area contributed by atoms with Gasteiger partial charge in [0.15, 0.2) is 0 Å². The second-order valence-electron chi connectivity index (χ2n) is 6.09. The van der Waals surface area contributed by atoms with Crippen LogP contribution in [-0.2, 0) is 12.0 Å². The lowest BCUT2D eigenvalue weighted by Crippen LogP contribution is -2.19. The largest absolute Gasteiger partial charge is 0.383 e. The number of rotatable bonds is 3. The summed E-state index contributed by atoms with van der Waals surface area (Å²) in [5.74, 6) is 1.47. The molecule has 5 heteroatoms. The van der Waals surface area contributed by atoms with Gasteiger partial charge in [0.25, 0.3) is 6.43 Å². The molecule has 2 rings (SSSR count). The molecule has 0 aliphatic heterocycles. The van der Waals surface area contributed by atoms with Gasteiger partial charge in [-0.05, 0) is 6.92 Å². The standard InChI is InChI=1S/C16H21F2N3/c1-5-21-14(19)12(20-15(21)16(2,3)4)10-6-8-11(9-7-10)13(17)18/h6-9,13H,5,19H2,1-4H3. The van der Waals surface area contributed by atoms with Gasteiger partial charge >= 0.3 is 0 Å². The highest BCUT2D eigenvalue weighted by Crippen LogP contribution is 2.32. The van der Waals surface area contributed by atoms with Crippen molar-refractivity contribution in [2.45, 2.75) is 46.1 Å². The van der Waals surface area contributed by atoms with Gasteiger partial charge in [-0.3, -0.25) is 0 Å². The molecular weight excluding hydrogens is 272 g/mol. The molecular formula is C16H21F2N3. The van der Waals surface area contributed by atoms with Gasteiger partial charge < -0.3 is 10.3 Å². The van der Waals surface area contributed by atoms with E-state index in [1.807, 2.05) is 11.5 Å². The summed E-state index contributed by atoms with van der Waals surface area (Å²) in [5, 5.41) is 0. The molecule has 114 valence electrons. The minimum absolute atomic E-state index is 0.00305. The molecule has 0 fully saturated rings. The number of benzene rings is 1. The number of nitrogens with two attached hydrogens (primary N) is 1. The molecule has 0 aliphatic rings. The van der Waals surface area contributed by atoms with Gasteiger partial charge in [-0.2, -0.15) is 0 Å². The fourth-order valence-electron chi connectivity index (χ4n) is 2.36. The first-order valence-electron chi connectivity index (χ1n) is 7.00. The van der Waals surface area contributed by atoms with Crippen LogP contribution in [-0.4, -0.2) is 9.55 Å². The molecule has 3 nitrogen and oxygen atoms in total. The van der Waals surface area contributed by atoms with Crippen LogP contribution >= 0.6 is 0 Å². The number of nitrogen functional groups attached to an aromatic ring is 1. The van der Waals surface area contributed by atoms with Crippen LogP contribution in [0.15, 0.2) is 24.3 Å². The molecule has 2 aromatic rings. The molecule has 2 N–H and O–H groups in total. The number of hydrogen-bond acceptors (Lipinski definition) is 2. The third kappa shape index (κ3) is 2.91.